The van der Waals surface area contributed by atoms with E-state index in [0.29, 0.717) is 6.04 Å². The molecule has 0 spiro atoms. The van der Waals surface area contributed by atoms with Crippen LogP contribution in [0, 0.1) is 0 Å². The fourth-order valence-electron chi connectivity index (χ4n) is 2.94. The van der Waals surface area contributed by atoms with E-state index in [0.717, 1.165) is 25.7 Å². The standard InChI is InChI=1S/C14H27N3S/c1-5-14(6-2,17(3)4)13(16-15)10-9-12-8-7-11-18-12/h7-8,11,13,16H,5-6,9-10,15H2,1-4H3. The minimum Gasteiger partial charge on any atom is -0.302 e. The summed E-state index contributed by atoms with van der Waals surface area (Å²) in [6.45, 7) is 4.50. The van der Waals surface area contributed by atoms with E-state index < -0.39 is 0 Å². The number of hydrogen-bond donors (Lipinski definition) is 2. The van der Waals surface area contributed by atoms with Crippen molar-refractivity contribution in [1.82, 2.24) is 10.3 Å². The van der Waals surface area contributed by atoms with Gasteiger partial charge < -0.3 is 4.90 Å². The molecule has 18 heavy (non-hydrogen) atoms. The third kappa shape index (κ3) is 3.32. The van der Waals surface area contributed by atoms with Gasteiger partial charge in [0.15, 0.2) is 0 Å². The lowest BCUT2D eigenvalue weighted by atomic mass is 9.81. The van der Waals surface area contributed by atoms with Gasteiger partial charge in [-0.05, 0) is 51.2 Å². The molecular formula is C14H27N3S. The minimum atomic E-state index is 0.145. The summed E-state index contributed by atoms with van der Waals surface area (Å²) < 4.78 is 0. The number of nitrogens with two attached hydrogens (primary N) is 1. The van der Waals surface area contributed by atoms with Crippen molar-refractivity contribution in [2.45, 2.75) is 51.1 Å². The van der Waals surface area contributed by atoms with Crippen LogP contribution >= 0.6 is 11.3 Å². The SMILES string of the molecule is CCC(CC)(C(CCc1cccs1)NN)N(C)C. The highest BCUT2D eigenvalue weighted by Crippen LogP contribution is 2.28. The van der Waals surface area contributed by atoms with E-state index in [1.807, 2.05) is 11.3 Å². The van der Waals surface area contributed by atoms with E-state index in [-0.39, 0.29) is 5.54 Å². The van der Waals surface area contributed by atoms with Gasteiger partial charge in [0.25, 0.3) is 0 Å². The number of nitrogens with zero attached hydrogens (tertiary/aromatic N) is 1. The molecule has 0 aromatic carbocycles. The average molecular weight is 269 g/mol. The Morgan fingerprint density at radius 1 is 1.39 bits per heavy atom. The van der Waals surface area contributed by atoms with Crippen LogP contribution in [-0.4, -0.2) is 30.6 Å². The maximum atomic E-state index is 5.81. The van der Waals surface area contributed by atoms with Gasteiger partial charge in [0, 0.05) is 16.5 Å². The molecule has 0 saturated carbocycles. The normalized spacial score (nSPS) is 14.1. The maximum Gasteiger partial charge on any atom is 0.0397 e. The molecule has 1 heterocycles. The average Bonchev–Trinajstić information content (AvgIpc) is 2.87. The van der Waals surface area contributed by atoms with Crippen molar-refractivity contribution >= 4 is 11.3 Å². The van der Waals surface area contributed by atoms with Crippen LogP contribution in [0.15, 0.2) is 17.5 Å². The van der Waals surface area contributed by atoms with Gasteiger partial charge in [-0.3, -0.25) is 11.3 Å². The quantitative estimate of drug-likeness (QED) is 0.563. The molecule has 0 saturated heterocycles. The molecule has 3 nitrogen and oxygen atoms in total. The molecule has 1 aromatic rings. The Balaban J connectivity index is 2.73. The molecule has 1 aromatic heterocycles. The Labute approximate surface area is 115 Å². The zero-order valence-corrected chi connectivity index (χ0v) is 12.9. The second-order valence-corrected chi connectivity index (χ2v) is 6.07. The van der Waals surface area contributed by atoms with E-state index in [9.17, 15) is 0 Å². The van der Waals surface area contributed by atoms with Crippen LogP contribution in [0.4, 0.5) is 0 Å². The summed E-state index contributed by atoms with van der Waals surface area (Å²) in [5.74, 6) is 5.81. The second-order valence-electron chi connectivity index (χ2n) is 5.04. The predicted molar refractivity (Wildman–Crippen MR) is 80.8 cm³/mol. The largest absolute Gasteiger partial charge is 0.302 e. The summed E-state index contributed by atoms with van der Waals surface area (Å²) in [6.07, 6.45) is 4.39. The van der Waals surface area contributed by atoms with Gasteiger partial charge in [0.1, 0.15) is 0 Å². The summed E-state index contributed by atoms with van der Waals surface area (Å²) in [4.78, 5) is 3.77. The molecule has 0 bridgehead atoms. The minimum absolute atomic E-state index is 0.145. The van der Waals surface area contributed by atoms with Gasteiger partial charge in [0.2, 0.25) is 0 Å². The van der Waals surface area contributed by atoms with Crippen molar-refractivity contribution in [2.24, 2.45) is 5.84 Å². The number of rotatable bonds is 8. The summed E-state index contributed by atoms with van der Waals surface area (Å²) in [6, 6.07) is 4.64. The molecule has 1 rings (SSSR count). The van der Waals surface area contributed by atoms with Gasteiger partial charge in [-0.15, -0.1) is 11.3 Å². The summed E-state index contributed by atoms with van der Waals surface area (Å²) in [5, 5.41) is 2.14. The molecule has 4 heteroatoms. The molecule has 0 aliphatic heterocycles. The highest BCUT2D eigenvalue weighted by molar-refractivity contribution is 7.09. The van der Waals surface area contributed by atoms with Crippen LogP contribution in [0.25, 0.3) is 0 Å². The summed E-state index contributed by atoms with van der Waals surface area (Å²) in [7, 11) is 4.31. The zero-order valence-electron chi connectivity index (χ0n) is 12.1. The molecule has 0 aliphatic carbocycles. The Bertz CT molecular complexity index is 318. The van der Waals surface area contributed by atoms with E-state index in [1.165, 1.54) is 4.88 Å². The first-order valence-corrected chi connectivity index (χ1v) is 7.64. The molecule has 0 amide bonds. The number of aryl methyl sites for hydroxylation is 1. The van der Waals surface area contributed by atoms with Gasteiger partial charge in [-0.2, -0.15) is 0 Å². The molecule has 1 unspecified atom stereocenters. The van der Waals surface area contributed by atoms with Gasteiger partial charge >= 0.3 is 0 Å². The first kappa shape index (κ1) is 15.6. The first-order chi connectivity index (χ1) is 8.60. The van der Waals surface area contributed by atoms with Crippen molar-refractivity contribution in [2.75, 3.05) is 14.1 Å². The smallest absolute Gasteiger partial charge is 0.0397 e. The van der Waals surface area contributed by atoms with Crippen LogP contribution < -0.4 is 11.3 Å². The third-order valence-electron chi connectivity index (χ3n) is 4.22. The molecule has 0 fully saturated rings. The molecule has 0 aliphatic rings. The lowest BCUT2D eigenvalue weighted by molar-refractivity contribution is 0.0844. The highest BCUT2D eigenvalue weighted by atomic mass is 32.1. The Morgan fingerprint density at radius 3 is 2.44 bits per heavy atom. The number of hydrogen-bond acceptors (Lipinski definition) is 4. The number of likely N-dealkylation sites (N-methyl/N-ethyl adjacent to an activating group) is 1. The van der Waals surface area contributed by atoms with Crippen LogP contribution in [-0.2, 0) is 6.42 Å². The molecular weight excluding hydrogens is 242 g/mol. The van der Waals surface area contributed by atoms with Crippen LogP contribution in [0.1, 0.15) is 38.0 Å². The summed E-state index contributed by atoms with van der Waals surface area (Å²) >= 11 is 1.83. The van der Waals surface area contributed by atoms with Gasteiger partial charge in [-0.25, -0.2) is 0 Å². The Morgan fingerprint density at radius 2 is 2.06 bits per heavy atom. The summed E-state index contributed by atoms with van der Waals surface area (Å²) in [5.41, 5.74) is 3.20. The fourth-order valence-corrected chi connectivity index (χ4v) is 3.66. The van der Waals surface area contributed by atoms with Crippen molar-refractivity contribution < 1.29 is 0 Å². The van der Waals surface area contributed by atoms with Crippen molar-refractivity contribution in [3.8, 4) is 0 Å². The third-order valence-corrected chi connectivity index (χ3v) is 5.16. The van der Waals surface area contributed by atoms with Crippen LogP contribution in [0.5, 0.6) is 0 Å². The van der Waals surface area contributed by atoms with Crippen molar-refractivity contribution in [1.29, 1.82) is 0 Å². The topological polar surface area (TPSA) is 41.3 Å². The highest BCUT2D eigenvalue weighted by Gasteiger charge is 2.36. The number of thiophene rings is 1. The van der Waals surface area contributed by atoms with Crippen LogP contribution in [0.2, 0.25) is 0 Å². The van der Waals surface area contributed by atoms with E-state index in [2.05, 4.69) is 55.8 Å². The van der Waals surface area contributed by atoms with E-state index >= 15 is 0 Å². The van der Waals surface area contributed by atoms with Crippen molar-refractivity contribution in [3.63, 3.8) is 0 Å². The lowest BCUT2D eigenvalue weighted by Gasteiger charge is -2.45. The lowest BCUT2D eigenvalue weighted by Crippen LogP contribution is -2.60. The van der Waals surface area contributed by atoms with Crippen LogP contribution in [0.3, 0.4) is 0 Å². The molecule has 104 valence electrons. The fraction of sp³-hybridized carbons (Fsp3) is 0.714. The first-order valence-electron chi connectivity index (χ1n) is 6.76. The zero-order chi connectivity index (χ0) is 13.6. The number of nitrogens with one attached hydrogen (secondary N) is 1. The Kier molecular flexibility index (Phi) is 6.29. The molecule has 0 radical (unpaired) electrons. The van der Waals surface area contributed by atoms with E-state index in [1.54, 1.807) is 0 Å². The number of hydrazine groups is 1. The van der Waals surface area contributed by atoms with Gasteiger partial charge in [-0.1, -0.05) is 19.9 Å². The van der Waals surface area contributed by atoms with Crippen molar-refractivity contribution in [3.05, 3.63) is 22.4 Å². The van der Waals surface area contributed by atoms with Gasteiger partial charge in [0.05, 0.1) is 0 Å². The monoisotopic (exact) mass is 269 g/mol. The molecule has 1 atom stereocenters. The predicted octanol–water partition coefficient (Wildman–Crippen LogP) is 2.63. The molecule has 3 N–H and O–H groups in total. The second kappa shape index (κ2) is 7.24. The Hall–Kier alpha value is -0.420. The van der Waals surface area contributed by atoms with E-state index in [4.69, 9.17) is 5.84 Å². The maximum absolute atomic E-state index is 5.81.